The summed E-state index contributed by atoms with van der Waals surface area (Å²) in [7, 11) is 3.82. The molecule has 2 unspecified atom stereocenters. The molecule has 1 aromatic carbocycles. The van der Waals surface area contributed by atoms with Gasteiger partial charge in [0, 0.05) is 19.1 Å². The molecule has 0 spiro atoms. The summed E-state index contributed by atoms with van der Waals surface area (Å²) in [6.07, 6.45) is 0.709. The molecule has 0 bridgehead atoms. The van der Waals surface area contributed by atoms with E-state index in [2.05, 4.69) is 23.8 Å². The van der Waals surface area contributed by atoms with Crippen molar-refractivity contribution in [3.05, 3.63) is 29.8 Å². The van der Waals surface area contributed by atoms with E-state index >= 15 is 0 Å². The summed E-state index contributed by atoms with van der Waals surface area (Å²) in [6, 6.07) is 7.84. The molecule has 1 aliphatic rings. The molecule has 1 aromatic rings. The van der Waals surface area contributed by atoms with Crippen LogP contribution in [0, 0.1) is 0 Å². The predicted octanol–water partition coefficient (Wildman–Crippen LogP) is 1.75. The Bertz CT molecular complexity index is 407. The van der Waals surface area contributed by atoms with Crippen LogP contribution in [-0.2, 0) is 0 Å². The Labute approximate surface area is 122 Å². The second-order valence-electron chi connectivity index (χ2n) is 5.65. The molecule has 1 saturated heterocycles. The van der Waals surface area contributed by atoms with Crippen molar-refractivity contribution in [3.8, 4) is 5.75 Å². The zero-order valence-electron chi connectivity index (χ0n) is 12.7. The SMILES string of the molecule is COc1ccc(C(O)C(C)N2CCCN(C)CC2)cc1. The Morgan fingerprint density at radius 2 is 1.80 bits per heavy atom. The minimum Gasteiger partial charge on any atom is -0.497 e. The number of aliphatic hydroxyl groups excluding tert-OH is 1. The molecule has 1 fully saturated rings. The Kier molecular flexibility index (Phi) is 5.40. The van der Waals surface area contributed by atoms with E-state index in [9.17, 15) is 5.11 Å². The first-order chi connectivity index (χ1) is 9.61. The van der Waals surface area contributed by atoms with Crippen LogP contribution in [0.5, 0.6) is 5.75 Å². The van der Waals surface area contributed by atoms with Gasteiger partial charge in [-0.05, 0) is 51.2 Å². The van der Waals surface area contributed by atoms with Crippen molar-refractivity contribution in [2.75, 3.05) is 40.3 Å². The summed E-state index contributed by atoms with van der Waals surface area (Å²) in [6.45, 7) is 6.39. The molecular formula is C16H26N2O2. The van der Waals surface area contributed by atoms with Gasteiger partial charge in [0.2, 0.25) is 0 Å². The zero-order chi connectivity index (χ0) is 14.5. The van der Waals surface area contributed by atoms with Crippen LogP contribution in [0.25, 0.3) is 0 Å². The summed E-state index contributed by atoms with van der Waals surface area (Å²) in [5.74, 6) is 0.824. The van der Waals surface area contributed by atoms with E-state index in [0.717, 1.165) is 43.9 Å². The average Bonchev–Trinajstić information content (AvgIpc) is 2.70. The van der Waals surface area contributed by atoms with Gasteiger partial charge in [0.25, 0.3) is 0 Å². The average molecular weight is 278 g/mol. The number of nitrogens with zero attached hydrogens (tertiary/aromatic N) is 2. The molecule has 0 saturated carbocycles. The maximum absolute atomic E-state index is 10.6. The lowest BCUT2D eigenvalue weighted by molar-refractivity contribution is 0.0602. The fraction of sp³-hybridized carbons (Fsp3) is 0.625. The van der Waals surface area contributed by atoms with Gasteiger partial charge in [0.1, 0.15) is 5.75 Å². The van der Waals surface area contributed by atoms with E-state index in [-0.39, 0.29) is 6.04 Å². The van der Waals surface area contributed by atoms with E-state index in [0.29, 0.717) is 0 Å². The van der Waals surface area contributed by atoms with Crippen molar-refractivity contribution < 1.29 is 9.84 Å². The van der Waals surface area contributed by atoms with E-state index in [1.807, 2.05) is 24.3 Å². The van der Waals surface area contributed by atoms with Gasteiger partial charge in [-0.2, -0.15) is 0 Å². The van der Waals surface area contributed by atoms with Crippen molar-refractivity contribution >= 4 is 0 Å². The Morgan fingerprint density at radius 3 is 2.45 bits per heavy atom. The van der Waals surface area contributed by atoms with Crippen LogP contribution < -0.4 is 4.74 Å². The molecular weight excluding hydrogens is 252 g/mol. The third-order valence-corrected chi connectivity index (χ3v) is 4.24. The molecule has 20 heavy (non-hydrogen) atoms. The molecule has 0 aromatic heterocycles. The molecule has 0 radical (unpaired) electrons. The normalized spacial score (nSPS) is 21.2. The zero-order valence-corrected chi connectivity index (χ0v) is 12.7. The molecule has 0 amide bonds. The Balaban J connectivity index is 2.01. The van der Waals surface area contributed by atoms with Crippen LogP contribution in [0.15, 0.2) is 24.3 Å². The first kappa shape index (κ1) is 15.3. The molecule has 2 atom stereocenters. The second kappa shape index (κ2) is 7.07. The molecule has 1 N–H and O–H groups in total. The summed E-state index contributed by atoms with van der Waals surface area (Å²) in [5, 5.41) is 10.6. The number of aliphatic hydroxyl groups is 1. The minimum atomic E-state index is -0.454. The van der Waals surface area contributed by atoms with E-state index in [4.69, 9.17) is 4.74 Å². The highest BCUT2D eigenvalue weighted by Gasteiger charge is 2.24. The van der Waals surface area contributed by atoms with Crippen LogP contribution in [0.3, 0.4) is 0 Å². The van der Waals surface area contributed by atoms with E-state index in [1.54, 1.807) is 7.11 Å². The maximum Gasteiger partial charge on any atom is 0.118 e. The lowest BCUT2D eigenvalue weighted by Crippen LogP contribution is -2.39. The highest BCUT2D eigenvalue weighted by Crippen LogP contribution is 2.23. The third-order valence-electron chi connectivity index (χ3n) is 4.24. The first-order valence-electron chi connectivity index (χ1n) is 7.36. The van der Waals surface area contributed by atoms with Crippen molar-refractivity contribution in [1.82, 2.24) is 9.80 Å². The quantitative estimate of drug-likeness (QED) is 0.910. The van der Waals surface area contributed by atoms with Gasteiger partial charge >= 0.3 is 0 Å². The fourth-order valence-electron chi connectivity index (χ4n) is 2.75. The molecule has 0 aliphatic carbocycles. The van der Waals surface area contributed by atoms with Gasteiger partial charge < -0.3 is 14.7 Å². The Morgan fingerprint density at radius 1 is 1.10 bits per heavy atom. The number of benzene rings is 1. The summed E-state index contributed by atoms with van der Waals surface area (Å²) in [4.78, 5) is 4.74. The van der Waals surface area contributed by atoms with E-state index in [1.165, 1.54) is 0 Å². The number of rotatable bonds is 4. The number of hydrogen-bond donors (Lipinski definition) is 1. The summed E-state index contributed by atoms with van der Waals surface area (Å²) in [5.41, 5.74) is 0.955. The summed E-state index contributed by atoms with van der Waals surface area (Å²) < 4.78 is 5.16. The molecule has 2 rings (SSSR count). The van der Waals surface area contributed by atoms with Crippen molar-refractivity contribution in [3.63, 3.8) is 0 Å². The van der Waals surface area contributed by atoms with Crippen molar-refractivity contribution in [1.29, 1.82) is 0 Å². The lowest BCUT2D eigenvalue weighted by atomic mass is 10.0. The smallest absolute Gasteiger partial charge is 0.118 e. The topological polar surface area (TPSA) is 35.9 Å². The number of ether oxygens (including phenoxy) is 1. The monoisotopic (exact) mass is 278 g/mol. The molecule has 4 nitrogen and oxygen atoms in total. The standard InChI is InChI=1S/C16H26N2O2/c1-13(18-10-4-9-17(2)11-12-18)16(19)14-5-7-15(20-3)8-6-14/h5-8,13,16,19H,4,9-12H2,1-3H3. The highest BCUT2D eigenvalue weighted by atomic mass is 16.5. The van der Waals surface area contributed by atoms with Crippen LogP contribution in [0.1, 0.15) is 25.0 Å². The second-order valence-corrected chi connectivity index (χ2v) is 5.65. The molecule has 1 aliphatic heterocycles. The largest absolute Gasteiger partial charge is 0.497 e. The number of methoxy groups -OCH3 is 1. The molecule has 1 heterocycles. The number of likely N-dealkylation sites (N-methyl/N-ethyl adjacent to an activating group) is 1. The van der Waals surface area contributed by atoms with Gasteiger partial charge in [-0.3, -0.25) is 4.90 Å². The maximum atomic E-state index is 10.6. The van der Waals surface area contributed by atoms with Crippen LogP contribution in [0.4, 0.5) is 0 Å². The number of hydrogen-bond acceptors (Lipinski definition) is 4. The van der Waals surface area contributed by atoms with Gasteiger partial charge in [-0.1, -0.05) is 12.1 Å². The summed E-state index contributed by atoms with van der Waals surface area (Å²) >= 11 is 0. The van der Waals surface area contributed by atoms with Crippen LogP contribution in [-0.4, -0.2) is 61.3 Å². The fourth-order valence-corrected chi connectivity index (χ4v) is 2.75. The van der Waals surface area contributed by atoms with Crippen LogP contribution >= 0.6 is 0 Å². The van der Waals surface area contributed by atoms with Crippen molar-refractivity contribution in [2.45, 2.75) is 25.5 Å². The van der Waals surface area contributed by atoms with Gasteiger partial charge in [0.05, 0.1) is 13.2 Å². The highest BCUT2D eigenvalue weighted by molar-refractivity contribution is 5.29. The van der Waals surface area contributed by atoms with Crippen molar-refractivity contribution in [2.24, 2.45) is 0 Å². The van der Waals surface area contributed by atoms with Gasteiger partial charge in [-0.15, -0.1) is 0 Å². The lowest BCUT2D eigenvalue weighted by Gasteiger charge is -2.31. The molecule has 4 heteroatoms. The van der Waals surface area contributed by atoms with Gasteiger partial charge in [0.15, 0.2) is 0 Å². The van der Waals surface area contributed by atoms with Crippen LogP contribution in [0.2, 0.25) is 0 Å². The van der Waals surface area contributed by atoms with Gasteiger partial charge in [-0.25, -0.2) is 0 Å². The minimum absolute atomic E-state index is 0.134. The van der Waals surface area contributed by atoms with E-state index < -0.39 is 6.10 Å². The third kappa shape index (κ3) is 3.72. The Hall–Kier alpha value is -1.10. The first-order valence-corrected chi connectivity index (χ1v) is 7.36. The molecule has 112 valence electrons. The predicted molar refractivity (Wildman–Crippen MR) is 81.1 cm³/mol.